The lowest BCUT2D eigenvalue weighted by molar-refractivity contribution is -0.175. The highest BCUT2D eigenvalue weighted by Crippen LogP contribution is 2.51. The number of nitrogens with zero attached hydrogens (tertiary/aromatic N) is 2. The third-order valence-corrected chi connectivity index (χ3v) is 7.27. The van der Waals surface area contributed by atoms with E-state index in [0.29, 0.717) is 18.3 Å². The van der Waals surface area contributed by atoms with Crippen LogP contribution in [-0.4, -0.2) is 43.6 Å². The average molecular weight is 367 g/mol. The molecule has 27 heavy (non-hydrogen) atoms. The first-order valence-electron chi connectivity index (χ1n) is 10.4. The number of piperidine rings is 2. The molecule has 2 saturated heterocycles. The van der Waals surface area contributed by atoms with Gasteiger partial charge in [-0.3, -0.25) is 4.79 Å². The fraction of sp³-hybridized carbons (Fsp3) is 0.636. The number of carbonyl (C=O) groups is 1. The molecule has 144 valence electrons. The minimum Gasteiger partial charge on any atom is -0.390 e. The van der Waals surface area contributed by atoms with Gasteiger partial charge in [-0.25, -0.2) is 4.98 Å². The van der Waals surface area contributed by atoms with Gasteiger partial charge in [0.05, 0.1) is 5.60 Å². The zero-order chi connectivity index (χ0) is 18.8. The van der Waals surface area contributed by atoms with Crippen LogP contribution < -0.4 is 0 Å². The van der Waals surface area contributed by atoms with Gasteiger partial charge >= 0.3 is 0 Å². The summed E-state index contributed by atoms with van der Waals surface area (Å²) >= 11 is 0. The molecule has 1 amide bonds. The van der Waals surface area contributed by atoms with Crippen molar-refractivity contribution in [2.75, 3.05) is 0 Å². The summed E-state index contributed by atoms with van der Waals surface area (Å²) in [5.41, 5.74) is 1.58. The van der Waals surface area contributed by atoms with Crippen molar-refractivity contribution < 1.29 is 9.90 Å². The van der Waals surface area contributed by atoms with Crippen LogP contribution in [0.5, 0.6) is 0 Å². The Balaban J connectivity index is 1.40. The standard InChI is InChI=1S/C22H29N3O2/c1-13(2)18(19-12-24-21-17(19)4-3-5-23-21)8-20(26)25-15-6-14-7-16(25)11-22(27,9-14)10-15/h3-5,12-16,18,27H,6-11H2,1-2H3,(H,23,24). The fourth-order valence-corrected chi connectivity index (χ4v) is 6.28. The van der Waals surface area contributed by atoms with Crippen LogP contribution in [0.25, 0.3) is 11.0 Å². The maximum Gasteiger partial charge on any atom is 0.223 e. The zero-order valence-corrected chi connectivity index (χ0v) is 16.2. The highest BCUT2D eigenvalue weighted by Gasteiger charge is 2.55. The molecule has 4 fully saturated rings. The second-order valence-corrected chi connectivity index (χ2v) is 9.48. The van der Waals surface area contributed by atoms with Crippen molar-refractivity contribution in [2.45, 2.75) is 76.0 Å². The molecule has 5 nitrogen and oxygen atoms in total. The number of amides is 1. The molecule has 2 aromatic heterocycles. The van der Waals surface area contributed by atoms with E-state index in [1.807, 2.05) is 12.3 Å². The number of H-pyrrole nitrogens is 1. The fourth-order valence-electron chi connectivity index (χ4n) is 6.28. The van der Waals surface area contributed by atoms with Crippen molar-refractivity contribution in [3.8, 4) is 0 Å². The van der Waals surface area contributed by atoms with Crippen molar-refractivity contribution in [3.63, 3.8) is 0 Å². The minimum absolute atomic E-state index is 0.177. The normalized spacial score (nSPS) is 33.2. The predicted octanol–water partition coefficient (Wildman–Crippen LogP) is 3.60. The Morgan fingerprint density at radius 2 is 2.07 bits per heavy atom. The molecule has 5 heteroatoms. The van der Waals surface area contributed by atoms with E-state index in [9.17, 15) is 9.90 Å². The number of hydrogen-bond acceptors (Lipinski definition) is 3. The van der Waals surface area contributed by atoms with Crippen molar-refractivity contribution in [1.82, 2.24) is 14.9 Å². The number of aromatic amines is 1. The number of hydrogen-bond donors (Lipinski definition) is 2. The lowest BCUT2D eigenvalue weighted by Gasteiger charge is -2.59. The first kappa shape index (κ1) is 17.2. The molecule has 4 heterocycles. The second-order valence-electron chi connectivity index (χ2n) is 9.48. The molecule has 0 radical (unpaired) electrons. The molecule has 4 bridgehead atoms. The largest absolute Gasteiger partial charge is 0.390 e. The van der Waals surface area contributed by atoms with Gasteiger partial charge in [0.1, 0.15) is 5.65 Å². The van der Waals surface area contributed by atoms with Crippen LogP contribution in [0.1, 0.15) is 63.9 Å². The van der Waals surface area contributed by atoms with Crippen LogP contribution in [0.4, 0.5) is 0 Å². The zero-order valence-electron chi connectivity index (χ0n) is 16.2. The monoisotopic (exact) mass is 367 g/mol. The van der Waals surface area contributed by atoms with Crippen molar-refractivity contribution in [2.24, 2.45) is 11.8 Å². The third-order valence-electron chi connectivity index (χ3n) is 7.27. The van der Waals surface area contributed by atoms with Crippen LogP contribution in [0, 0.1) is 11.8 Å². The molecule has 4 aliphatic rings. The summed E-state index contributed by atoms with van der Waals surface area (Å²) in [6.45, 7) is 4.39. The molecule has 2 aromatic rings. The molecular formula is C22H29N3O2. The summed E-state index contributed by atoms with van der Waals surface area (Å²) in [7, 11) is 0. The van der Waals surface area contributed by atoms with E-state index in [1.165, 1.54) is 5.56 Å². The molecule has 3 atom stereocenters. The Morgan fingerprint density at radius 3 is 2.74 bits per heavy atom. The van der Waals surface area contributed by atoms with Gasteiger partial charge in [-0.05, 0) is 67.6 Å². The van der Waals surface area contributed by atoms with Crippen LogP contribution in [0.2, 0.25) is 0 Å². The van der Waals surface area contributed by atoms with Crippen molar-refractivity contribution >= 4 is 16.9 Å². The van der Waals surface area contributed by atoms with Gasteiger partial charge in [0.25, 0.3) is 0 Å². The lowest BCUT2D eigenvalue weighted by Crippen LogP contribution is -2.65. The Bertz CT molecular complexity index is 857. The Kier molecular flexibility index (Phi) is 3.87. The summed E-state index contributed by atoms with van der Waals surface area (Å²) in [6.07, 6.45) is 9.01. The van der Waals surface area contributed by atoms with Crippen molar-refractivity contribution in [1.29, 1.82) is 0 Å². The Labute approximate surface area is 160 Å². The molecule has 2 aliphatic carbocycles. The maximum absolute atomic E-state index is 13.4. The molecule has 0 aromatic carbocycles. The SMILES string of the molecule is CC(C)C(CC(=O)N1C2CC3CC1CC(O)(C3)C2)c1c[nH]c2ncccc12. The lowest BCUT2D eigenvalue weighted by atomic mass is 9.61. The summed E-state index contributed by atoms with van der Waals surface area (Å²) in [4.78, 5) is 23.2. The molecule has 2 aliphatic heterocycles. The van der Waals surface area contributed by atoms with Gasteiger partial charge in [0, 0.05) is 36.3 Å². The molecule has 2 N–H and O–H groups in total. The molecular weight excluding hydrogens is 338 g/mol. The van der Waals surface area contributed by atoms with E-state index in [4.69, 9.17) is 0 Å². The first-order valence-corrected chi connectivity index (χ1v) is 10.4. The summed E-state index contributed by atoms with van der Waals surface area (Å²) < 4.78 is 0. The Morgan fingerprint density at radius 1 is 1.33 bits per heavy atom. The summed E-state index contributed by atoms with van der Waals surface area (Å²) in [5, 5.41) is 11.9. The van der Waals surface area contributed by atoms with Crippen LogP contribution in [0.3, 0.4) is 0 Å². The van der Waals surface area contributed by atoms with E-state index >= 15 is 0 Å². The van der Waals surface area contributed by atoms with E-state index in [0.717, 1.165) is 43.1 Å². The molecule has 3 unspecified atom stereocenters. The summed E-state index contributed by atoms with van der Waals surface area (Å²) in [5.74, 6) is 1.42. The van der Waals surface area contributed by atoms with Gasteiger partial charge in [0.2, 0.25) is 5.91 Å². The number of aromatic nitrogens is 2. The second kappa shape index (κ2) is 6.06. The van der Waals surface area contributed by atoms with E-state index < -0.39 is 5.60 Å². The number of rotatable bonds is 4. The van der Waals surface area contributed by atoms with Crippen molar-refractivity contribution in [3.05, 3.63) is 30.1 Å². The number of pyridine rings is 1. The van der Waals surface area contributed by atoms with E-state index in [-0.39, 0.29) is 23.9 Å². The van der Waals surface area contributed by atoms with Gasteiger partial charge < -0.3 is 15.0 Å². The number of nitrogens with one attached hydrogen (secondary N) is 1. The highest BCUT2D eigenvalue weighted by molar-refractivity contribution is 5.83. The van der Waals surface area contributed by atoms with Crippen LogP contribution in [-0.2, 0) is 4.79 Å². The van der Waals surface area contributed by atoms with Gasteiger partial charge in [-0.1, -0.05) is 13.8 Å². The third kappa shape index (κ3) is 2.78. The van der Waals surface area contributed by atoms with Gasteiger partial charge in [-0.15, -0.1) is 0 Å². The van der Waals surface area contributed by atoms with E-state index in [1.54, 1.807) is 6.20 Å². The highest BCUT2D eigenvalue weighted by atomic mass is 16.3. The quantitative estimate of drug-likeness (QED) is 0.867. The number of fused-ring (bicyclic) bond motifs is 1. The molecule has 6 rings (SSSR count). The number of carbonyl (C=O) groups excluding carboxylic acids is 1. The minimum atomic E-state index is -0.507. The first-order chi connectivity index (χ1) is 12.9. The maximum atomic E-state index is 13.4. The molecule has 2 saturated carbocycles. The number of aliphatic hydroxyl groups is 1. The predicted molar refractivity (Wildman–Crippen MR) is 104 cm³/mol. The Hall–Kier alpha value is -1.88. The topological polar surface area (TPSA) is 69.2 Å². The van der Waals surface area contributed by atoms with Crippen LogP contribution in [0.15, 0.2) is 24.5 Å². The van der Waals surface area contributed by atoms with Gasteiger partial charge in [0.15, 0.2) is 0 Å². The van der Waals surface area contributed by atoms with Gasteiger partial charge in [-0.2, -0.15) is 0 Å². The smallest absolute Gasteiger partial charge is 0.223 e. The average Bonchev–Trinajstić information content (AvgIpc) is 3.01. The summed E-state index contributed by atoms with van der Waals surface area (Å²) in [6, 6.07) is 4.53. The van der Waals surface area contributed by atoms with Crippen LogP contribution >= 0.6 is 0 Å². The molecule has 0 spiro atoms. The van der Waals surface area contributed by atoms with E-state index in [2.05, 4.69) is 34.8 Å².